The van der Waals surface area contributed by atoms with E-state index in [0.29, 0.717) is 25.3 Å². The molecular formula is C26H31BrFN3O3Si. The van der Waals surface area contributed by atoms with E-state index >= 15 is 0 Å². The van der Waals surface area contributed by atoms with Crippen LogP contribution in [0.1, 0.15) is 41.2 Å². The predicted molar refractivity (Wildman–Crippen MR) is 140 cm³/mol. The molecule has 186 valence electrons. The molecule has 0 saturated heterocycles. The first-order valence-corrected chi connectivity index (χ1v) is 16.2. The summed E-state index contributed by atoms with van der Waals surface area (Å²) in [4.78, 5) is 20.9. The molecule has 0 spiro atoms. The molecule has 35 heavy (non-hydrogen) atoms. The summed E-state index contributed by atoms with van der Waals surface area (Å²) in [7, 11) is 0.152. The number of hydrogen-bond donors (Lipinski definition) is 0. The third-order valence-electron chi connectivity index (χ3n) is 6.27. The van der Waals surface area contributed by atoms with Gasteiger partial charge in [0.05, 0.1) is 37.0 Å². The summed E-state index contributed by atoms with van der Waals surface area (Å²) in [5.74, 6) is 0.226. The average Bonchev–Trinajstić information content (AvgIpc) is 3.37. The third-order valence-corrected chi connectivity index (χ3v) is 8.40. The summed E-state index contributed by atoms with van der Waals surface area (Å²) in [6.07, 6.45) is 2.97. The Hall–Kier alpha value is -2.36. The van der Waals surface area contributed by atoms with Crippen LogP contribution in [0.4, 0.5) is 4.39 Å². The van der Waals surface area contributed by atoms with Gasteiger partial charge in [-0.15, -0.1) is 0 Å². The number of halogens is 2. The van der Waals surface area contributed by atoms with Crippen molar-refractivity contribution in [3.63, 3.8) is 0 Å². The van der Waals surface area contributed by atoms with Gasteiger partial charge in [-0.2, -0.15) is 0 Å². The SMILES string of the molecule is COC(=O)Cc1ccc(-c2cnc(C3CC(F)c4cc(Br)cnc43)n2COCC[Si](C)(C)C)cc1. The maximum atomic E-state index is 14.9. The van der Waals surface area contributed by atoms with Crippen LogP contribution in [-0.4, -0.2) is 42.3 Å². The number of carbonyl (C=O) groups is 1. The summed E-state index contributed by atoms with van der Waals surface area (Å²) >= 11 is 3.41. The molecule has 0 N–H and O–H groups in total. The van der Waals surface area contributed by atoms with Crippen molar-refractivity contribution in [2.75, 3.05) is 13.7 Å². The van der Waals surface area contributed by atoms with Gasteiger partial charge in [0.25, 0.3) is 0 Å². The molecule has 2 heterocycles. The van der Waals surface area contributed by atoms with Gasteiger partial charge in [-0.3, -0.25) is 9.78 Å². The van der Waals surface area contributed by atoms with Crippen LogP contribution in [0.2, 0.25) is 25.7 Å². The van der Waals surface area contributed by atoms with E-state index in [1.807, 2.05) is 41.1 Å². The zero-order valence-electron chi connectivity index (χ0n) is 20.6. The Morgan fingerprint density at radius 3 is 2.63 bits per heavy atom. The molecule has 0 amide bonds. The normalized spacial score (nSPS) is 17.4. The summed E-state index contributed by atoms with van der Waals surface area (Å²) in [6, 6.07) is 10.6. The van der Waals surface area contributed by atoms with Crippen molar-refractivity contribution < 1.29 is 18.7 Å². The summed E-state index contributed by atoms with van der Waals surface area (Å²) in [5, 5.41) is 0. The van der Waals surface area contributed by atoms with Gasteiger partial charge in [0.1, 0.15) is 18.7 Å². The molecule has 1 aliphatic carbocycles. The molecule has 0 radical (unpaired) electrons. The molecule has 0 bridgehead atoms. The first-order chi connectivity index (χ1) is 16.7. The monoisotopic (exact) mass is 559 g/mol. The molecule has 2 atom stereocenters. The maximum Gasteiger partial charge on any atom is 0.309 e. The lowest BCUT2D eigenvalue weighted by molar-refractivity contribution is -0.139. The van der Waals surface area contributed by atoms with E-state index in [1.165, 1.54) is 7.11 Å². The summed E-state index contributed by atoms with van der Waals surface area (Å²) in [5.41, 5.74) is 4.06. The number of alkyl halides is 1. The Kier molecular flexibility index (Phi) is 7.88. The Bertz CT molecular complexity index is 1190. The first kappa shape index (κ1) is 25.7. The Morgan fingerprint density at radius 1 is 1.20 bits per heavy atom. The zero-order valence-corrected chi connectivity index (χ0v) is 23.1. The molecule has 9 heteroatoms. The predicted octanol–water partition coefficient (Wildman–Crippen LogP) is 6.28. The highest BCUT2D eigenvalue weighted by Crippen LogP contribution is 2.45. The summed E-state index contributed by atoms with van der Waals surface area (Å²) < 4.78 is 28.6. The van der Waals surface area contributed by atoms with Gasteiger partial charge in [-0.25, -0.2) is 9.37 Å². The molecule has 2 aromatic heterocycles. The number of imidazole rings is 1. The van der Waals surface area contributed by atoms with E-state index in [-0.39, 0.29) is 18.3 Å². The number of rotatable bonds is 9. The van der Waals surface area contributed by atoms with E-state index in [9.17, 15) is 9.18 Å². The fraction of sp³-hybridized carbons (Fsp3) is 0.423. The molecule has 3 aromatic rings. The van der Waals surface area contributed by atoms with E-state index in [1.54, 1.807) is 6.20 Å². The van der Waals surface area contributed by atoms with E-state index in [4.69, 9.17) is 14.5 Å². The second kappa shape index (κ2) is 10.7. The number of fused-ring (bicyclic) bond motifs is 1. The minimum Gasteiger partial charge on any atom is -0.469 e. The second-order valence-corrected chi connectivity index (χ2v) is 16.6. The molecule has 6 nitrogen and oxygen atoms in total. The Balaban J connectivity index is 1.66. The zero-order chi connectivity index (χ0) is 25.2. The van der Waals surface area contributed by atoms with E-state index < -0.39 is 14.2 Å². The maximum absolute atomic E-state index is 14.9. The lowest BCUT2D eigenvalue weighted by atomic mass is 10.1. The van der Waals surface area contributed by atoms with Crippen molar-refractivity contribution in [1.82, 2.24) is 14.5 Å². The van der Waals surface area contributed by atoms with Crippen molar-refractivity contribution in [3.05, 3.63) is 69.8 Å². The highest BCUT2D eigenvalue weighted by atomic mass is 79.9. The van der Waals surface area contributed by atoms with Gasteiger partial charge >= 0.3 is 5.97 Å². The van der Waals surface area contributed by atoms with Gasteiger partial charge in [-0.05, 0) is 45.6 Å². The third kappa shape index (κ3) is 6.07. The standard InChI is InChI=1S/C26H31BrFN3O3Si/c1-33-24(32)11-17-5-7-18(8-6-17)23-15-30-26(31(23)16-34-9-10-35(2,3)4)21-13-22(28)20-12-19(27)14-29-25(20)21/h5-8,12,14-15,21-22H,9-11,13,16H2,1-4H3. The van der Waals surface area contributed by atoms with Gasteiger partial charge in [0, 0.05) is 30.9 Å². The minimum atomic E-state index is -1.23. The molecule has 4 rings (SSSR count). The van der Waals surface area contributed by atoms with Gasteiger partial charge in [0.15, 0.2) is 0 Å². The topological polar surface area (TPSA) is 66.2 Å². The van der Waals surface area contributed by atoms with Gasteiger partial charge in [0.2, 0.25) is 0 Å². The number of nitrogens with zero attached hydrogens (tertiary/aromatic N) is 3. The molecule has 1 aromatic carbocycles. The first-order valence-electron chi connectivity index (χ1n) is 11.7. The molecule has 0 saturated carbocycles. The van der Waals surface area contributed by atoms with E-state index in [2.05, 4.69) is 40.6 Å². The van der Waals surface area contributed by atoms with E-state index in [0.717, 1.165) is 38.9 Å². The Morgan fingerprint density at radius 2 is 1.94 bits per heavy atom. The lowest BCUT2D eigenvalue weighted by Crippen LogP contribution is -2.22. The number of esters is 1. The smallest absolute Gasteiger partial charge is 0.309 e. The van der Waals surface area contributed by atoms with Crippen LogP contribution in [0.5, 0.6) is 0 Å². The van der Waals surface area contributed by atoms with Crippen LogP contribution >= 0.6 is 15.9 Å². The number of methoxy groups -OCH3 is 1. The van der Waals surface area contributed by atoms with Gasteiger partial charge in [-0.1, -0.05) is 43.9 Å². The number of pyridine rings is 1. The average molecular weight is 561 g/mol. The van der Waals surface area contributed by atoms with Crippen LogP contribution in [0, 0.1) is 0 Å². The highest BCUT2D eigenvalue weighted by molar-refractivity contribution is 9.10. The molecule has 0 aliphatic heterocycles. The van der Waals surface area contributed by atoms with Crippen LogP contribution < -0.4 is 0 Å². The fourth-order valence-electron chi connectivity index (χ4n) is 4.28. The van der Waals surface area contributed by atoms with Crippen molar-refractivity contribution in [2.24, 2.45) is 0 Å². The molecule has 1 aliphatic rings. The summed E-state index contributed by atoms with van der Waals surface area (Å²) in [6.45, 7) is 7.96. The highest BCUT2D eigenvalue weighted by Gasteiger charge is 2.36. The van der Waals surface area contributed by atoms with Crippen molar-refractivity contribution in [3.8, 4) is 11.3 Å². The van der Waals surface area contributed by atoms with Crippen molar-refractivity contribution >= 4 is 30.0 Å². The number of aromatic nitrogens is 3. The molecule has 2 unspecified atom stereocenters. The molecular weight excluding hydrogens is 529 g/mol. The van der Waals surface area contributed by atoms with Crippen molar-refractivity contribution in [2.45, 2.75) is 57.3 Å². The quantitative estimate of drug-likeness (QED) is 0.175. The van der Waals surface area contributed by atoms with Crippen molar-refractivity contribution in [1.29, 1.82) is 0 Å². The van der Waals surface area contributed by atoms with Crippen LogP contribution in [0.15, 0.2) is 47.2 Å². The van der Waals surface area contributed by atoms with Crippen LogP contribution in [0.3, 0.4) is 0 Å². The number of carbonyl (C=O) groups excluding carboxylic acids is 1. The van der Waals surface area contributed by atoms with Crippen LogP contribution in [0.25, 0.3) is 11.3 Å². The minimum absolute atomic E-state index is 0.221. The lowest BCUT2D eigenvalue weighted by Gasteiger charge is -2.19. The Labute approximate surface area is 215 Å². The fourth-order valence-corrected chi connectivity index (χ4v) is 5.39. The largest absolute Gasteiger partial charge is 0.469 e. The number of hydrogen-bond acceptors (Lipinski definition) is 5. The second-order valence-electron chi connectivity index (χ2n) is 10.1. The number of ether oxygens (including phenoxy) is 2. The van der Waals surface area contributed by atoms with Crippen LogP contribution in [-0.2, 0) is 27.4 Å². The van der Waals surface area contributed by atoms with Gasteiger partial charge < -0.3 is 14.0 Å². The number of benzene rings is 1. The molecule has 0 fully saturated rings.